The maximum atomic E-state index is 12.9. The fourth-order valence-electron chi connectivity index (χ4n) is 2.90. The van der Waals surface area contributed by atoms with Crippen molar-refractivity contribution < 1.29 is 14.3 Å². The molecule has 6 heteroatoms. The second-order valence-electron chi connectivity index (χ2n) is 6.12. The van der Waals surface area contributed by atoms with Crippen molar-refractivity contribution in [1.29, 1.82) is 0 Å². The van der Waals surface area contributed by atoms with Crippen molar-refractivity contribution in [3.8, 4) is 5.75 Å². The number of nitrogens with zero attached hydrogens (tertiary/aromatic N) is 3. The van der Waals surface area contributed by atoms with E-state index in [1.807, 2.05) is 38.1 Å². The highest BCUT2D eigenvalue weighted by Gasteiger charge is 2.33. The van der Waals surface area contributed by atoms with Gasteiger partial charge in [0.15, 0.2) is 0 Å². The molecule has 2 aromatic rings. The van der Waals surface area contributed by atoms with E-state index < -0.39 is 0 Å². The van der Waals surface area contributed by atoms with Crippen LogP contribution in [0, 0.1) is 5.92 Å². The lowest BCUT2D eigenvalue weighted by molar-refractivity contribution is -0.143. The third kappa shape index (κ3) is 2.79. The van der Waals surface area contributed by atoms with Crippen molar-refractivity contribution in [3.63, 3.8) is 0 Å². The van der Waals surface area contributed by atoms with Gasteiger partial charge in [0.05, 0.1) is 12.6 Å². The van der Waals surface area contributed by atoms with Gasteiger partial charge >= 0.3 is 0 Å². The van der Waals surface area contributed by atoms with Crippen LogP contribution in [0.25, 0.3) is 10.9 Å². The molecule has 0 saturated carbocycles. The molecule has 0 N–H and O–H groups in total. The molecule has 126 valence electrons. The Bertz CT molecular complexity index is 788. The van der Waals surface area contributed by atoms with Gasteiger partial charge < -0.3 is 4.74 Å². The number of amides is 2. The highest BCUT2D eigenvalue weighted by molar-refractivity contribution is 5.98. The van der Waals surface area contributed by atoms with Crippen LogP contribution in [0.2, 0.25) is 0 Å². The molecule has 1 aromatic heterocycles. The zero-order valence-corrected chi connectivity index (χ0v) is 14.2. The summed E-state index contributed by atoms with van der Waals surface area (Å²) in [5.74, 6) is 0.126. The zero-order chi connectivity index (χ0) is 17.3. The highest BCUT2D eigenvalue weighted by Crippen LogP contribution is 2.26. The molecular weight excluding hydrogens is 306 g/mol. The predicted molar refractivity (Wildman–Crippen MR) is 90.5 cm³/mol. The number of hydrogen-bond donors (Lipinski definition) is 0. The number of aromatic nitrogens is 1. The van der Waals surface area contributed by atoms with Crippen LogP contribution in [0.5, 0.6) is 5.75 Å². The van der Waals surface area contributed by atoms with Gasteiger partial charge in [0.25, 0.3) is 5.91 Å². The largest absolute Gasteiger partial charge is 0.496 e. The maximum Gasteiger partial charge on any atom is 0.291 e. The molecule has 0 bridgehead atoms. The van der Waals surface area contributed by atoms with Crippen LogP contribution in [-0.4, -0.2) is 47.0 Å². The number of para-hydroxylation sites is 1. The molecule has 1 aliphatic heterocycles. The van der Waals surface area contributed by atoms with Crippen LogP contribution in [0.4, 0.5) is 0 Å². The number of methoxy groups -OCH3 is 1. The molecule has 1 aromatic carbocycles. The summed E-state index contributed by atoms with van der Waals surface area (Å²) in [4.78, 5) is 29.7. The number of ether oxygens (including phenoxy) is 1. The molecular formula is C18H21N3O3. The van der Waals surface area contributed by atoms with Crippen molar-refractivity contribution in [2.45, 2.75) is 20.3 Å². The lowest BCUT2D eigenvalue weighted by atomic mass is 10.1. The van der Waals surface area contributed by atoms with Gasteiger partial charge in [-0.05, 0) is 18.6 Å². The van der Waals surface area contributed by atoms with Crippen molar-refractivity contribution >= 4 is 22.7 Å². The average molecular weight is 327 g/mol. The standard InChI is InChI=1S/C18H21N3O3/c1-12(2)17(22)20-9-6-10-21(20)18(23)15-11-16(24-3)13-7-4-5-8-14(13)19-15/h4-5,7-8,11-12H,6,9-10H2,1-3H3. The van der Waals surface area contributed by atoms with Crippen molar-refractivity contribution in [1.82, 2.24) is 15.0 Å². The van der Waals surface area contributed by atoms with Crippen molar-refractivity contribution in [2.24, 2.45) is 5.92 Å². The van der Waals surface area contributed by atoms with Gasteiger partial charge in [-0.1, -0.05) is 26.0 Å². The van der Waals surface area contributed by atoms with E-state index in [-0.39, 0.29) is 23.4 Å². The molecule has 24 heavy (non-hydrogen) atoms. The number of carbonyl (C=O) groups excluding carboxylic acids is 2. The molecule has 0 spiro atoms. The number of hydrazine groups is 1. The first-order valence-corrected chi connectivity index (χ1v) is 8.10. The Labute approximate surface area is 141 Å². The molecule has 1 saturated heterocycles. The minimum atomic E-state index is -0.273. The SMILES string of the molecule is COc1cc(C(=O)N2CCCN2C(=O)C(C)C)nc2ccccc12. The average Bonchev–Trinajstić information content (AvgIpc) is 3.08. The fourth-order valence-corrected chi connectivity index (χ4v) is 2.90. The number of rotatable bonds is 3. The quantitative estimate of drug-likeness (QED) is 0.869. The maximum absolute atomic E-state index is 12.9. The predicted octanol–water partition coefficient (Wildman–Crippen LogP) is 2.49. The van der Waals surface area contributed by atoms with E-state index in [0.29, 0.717) is 24.4 Å². The Morgan fingerprint density at radius 2 is 1.88 bits per heavy atom. The molecule has 2 amide bonds. The van der Waals surface area contributed by atoms with E-state index >= 15 is 0 Å². The van der Waals surface area contributed by atoms with E-state index in [1.54, 1.807) is 13.2 Å². The highest BCUT2D eigenvalue weighted by atomic mass is 16.5. The minimum Gasteiger partial charge on any atom is -0.496 e. The summed E-state index contributed by atoms with van der Waals surface area (Å²) < 4.78 is 5.40. The summed E-state index contributed by atoms with van der Waals surface area (Å²) in [6, 6.07) is 9.15. The molecule has 1 fully saturated rings. The van der Waals surface area contributed by atoms with Crippen molar-refractivity contribution in [3.05, 3.63) is 36.0 Å². The van der Waals surface area contributed by atoms with E-state index in [9.17, 15) is 9.59 Å². The smallest absolute Gasteiger partial charge is 0.291 e. The third-order valence-corrected chi connectivity index (χ3v) is 4.13. The molecule has 0 aliphatic carbocycles. The van der Waals surface area contributed by atoms with Gasteiger partial charge in [-0.25, -0.2) is 9.99 Å². The fraction of sp³-hybridized carbons (Fsp3) is 0.389. The molecule has 0 unspecified atom stereocenters. The Morgan fingerprint density at radius 1 is 1.17 bits per heavy atom. The van der Waals surface area contributed by atoms with Crippen LogP contribution in [0.15, 0.2) is 30.3 Å². The topological polar surface area (TPSA) is 62.7 Å². The minimum absolute atomic E-state index is 0.0476. The molecule has 2 heterocycles. The Kier molecular flexibility index (Phi) is 4.38. The zero-order valence-electron chi connectivity index (χ0n) is 14.2. The van der Waals surface area contributed by atoms with Crippen LogP contribution < -0.4 is 4.74 Å². The summed E-state index contributed by atoms with van der Waals surface area (Å²) in [6.45, 7) is 4.75. The summed E-state index contributed by atoms with van der Waals surface area (Å²) in [7, 11) is 1.57. The van der Waals surface area contributed by atoms with Gasteiger partial charge in [-0.3, -0.25) is 14.6 Å². The molecule has 1 aliphatic rings. The van der Waals surface area contributed by atoms with Gasteiger partial charge in [0.2, 0.25) is 5.91 Å². The Hall–Kier alpha value is -2.63. The summed E-state index contributed by atoms with van der Waals surface area (Å²) in [6.07, 6.45) is 0.773. The first-order chi connectivity index (χ1) is 11.5. The second-order valence-corrected chi connectivity index (χ2v) is 6.12. The third-order valence-electron chi connectivity index (χ3n) is 4.13. The number of hydrogen-bond acceptors (Lipinski definition) is 4. The lowest BCUT2D eigenvalue weighted by Gasteiger charge is -2.29. The van der Waals surface area contributed by atoms with Crippen LogP contribution in [-0.2, 0) is 4.79 Å². The lowest BCUT2D eigenvalue weighted by Crippen LogP contribution is -2.46. The number of benzene rings is 1. The van der Waals surface area contributed by atoms with E-state index in [4.69, 9.17) is 4.74 Å². The monoisotopic (exact) mass is 327 g/mol. The molecule has 3 rings (SSSR count). The molecule has 6 nitrogen and oxygen atoms in total. The van der Waals surface area contributed by atoms with E-state index in [0.717, 1.165) is 11.8 Å². The van der Waals surface area contributed by atoms with Crippen LogP contribution in [0.1, 0.15) is 30.8 Å². The first-order valence-electron chi connectivity index (χ1n) is 8.10. The van der Waals surface area contributed by atoms with Gasteiger partial charge in [0, 0.05) is 30.5 Å². The number of fused-ring (bicyclic) bond motifs is 1. The number of pyridine rings is 1. The van der Waals surface area contributed by atoms with E-state index in [1.165, 1.54) is 10.0 Å². The Balaban J connectivity index is 1.97. The van der Waals surface area contributed by atoms with Gasteiger partial charge in [0.1, 0.15) is 11.4 Å². The van der Waals surface area contributed by atoms with Crippen LogP contribution >= 0.6 is 0 Å². The second kappa shape index (κ2) is 6.47. The summed E-state index contributed by atoms with van der Waals surface area (Å²) >= 11 is 0. The Morgan fingerprint density at radius 3 is 2.58 bits per heavy atom. The number of carbonyl (C=O) groups is 2. The van der Waals surface area contributed by atoms with E-state index in [2.05, 4.69) is 4.98 Å². The van der Waals surface area contributed by atoms with Gasteiger partial charge in [-0.15, -0.1) is 0 Å². The van der Waals surface area contributed by atoms with Crippen molar-refractivity contribution in [2.75, 3.05) is 20.2 Å². The van der Waals surface area contributed by atoms with Crippen LogP contribution in [0.3, 0.4) is 0 Å². The summed E-state index contributed by atoms with van der Waals surface area (Å²) in [5.41, 5.74) is 0.982. The van der Waals surface area contributed by atoms with Gasteiger partial charge in [-0.2, -0.15) is 0 Å². The summed E-state index contributed by atoms with van der Waals surface area (Å²) in [5, 5.41) is 3.89. The first kappa shape index (κ1) is 16.2. The normalized spacial score (nSPS) is 14.5. The molecule has 0 radical (unpaired) electrons. The molecule has 0 atom stereocenters.